The van der Waals surface area contributed by atoms with Crippen molar-refractivity contribution in [2.24, 2.45) is 0 Å². The molecule has 3 aliphatic rings. The van der Waals surface area contributed by atoms with E-state index in [1.54, 1.807) is 16.5 Å². The summed E-state index contributed by atoms with van der Waals surface area (Å²) in [5.74, 6) is 0.0339. The number of amides is 1. The topological polar surface area (TPSA) is 87.5 Å². The molecule has 1 amide bonds. The van der Waals surface area contributed by atoms with Gasteiger partial charge >= 0.3 is 0 Å². The lowest BCUT2D eigenvalue weighted by Crippen LogP contribution is -2.56. The minimum atomic E-state index is -0.836. The van der Waals surface area contributed by atoms with Gasteiger partial charge < -0.3 is 15.3 Å². The Balaban J connectivity index is 1.31. The quantitative estimate of drug-likeness (QED) is 0.798. The lowest BCUT2D eigenvalue weighted by Gasteiger charge is -2.40. The number of rotatable bonds is 4. The summed E-state index contributed by atoms with van der Waals surface area (Å²) < 4.78 is 1.74. The second-order valence-electron chi connectivity index (χ2n) is 9.26. The number of likely N-dealkylation sites (tertiary alicyclic amines) is 1. The van der Waals surface area contributed by atoms with Crippen molar-refractivity contribution in [3.05, 3.63) is 27.7 Å². The van der Waals surface area contributed by atoms with E-state index in [-0.39, 0.29) is 17.5 Å². The molecule has 1 aliphatic heterocycles. The van der Waals surface area contributed by atoms with Crippen LogP contribution < -0.4 is 10.9 Å². The smallest absolute Gasteiger partial charge is 0.267 e. The molecule has 1 aromatic heterocycles. The highest BCUT2D eigenvalue weighted by Gasteiger charge is 2.35. The van der Waals surface area contributed by atoms with Crippen molar-refractivity contribution in [1.82, 2.24) is 20.0 Å². The molecule has 1 atom stereocenters. The third-order valence-corrected chi connectivity index (χ3v) is 7.00. The molecule has 0 aromatic carbocycles. The van der Waals surface area contributed by atoms with Gasteiger partial charge in [-0.15, -0.1) is 0 Å². The van der Waals surface area contributed by atoms with Crippen molar-refractivity contribution >= 4 is 5.91 Å². The Bertz CT molecular complexity index is 800. The predicted molar refractivity (Wildman–Crippen MR) is 111 cm³/mol. The number of aryl methyl sites for hydroxylation is 2. The molecule has 2 N–H and O–H groups in total. The van der Waals surface area contributed by atoms with Crippen LogP contribution >= 0.6 is 0 Å². The Morgan fingerprint density at radius 2 is 2.00 bits per heavy atom. The Kier molecular flexibility index (Phi) is 6.06. The normalized spacial score (nSPS) is 30.1. The fourth-order valence-corrected chi connectivity index (χ4v) is 5.22. The first-order valence-corrected chi connectivity index (χ1v) is 11.3. The lowest BCUT2D eigenvalue weighted by molar-refractivity contribution is -0.135. The van der Waals surface area contributed by atoms with Gasteiger partial charge in [-0.3, -0.25) is 9.59 Å². The van der Waals surface area contributed by atoms with Gasteiger partial charge in [0.25, 0.3) is 5.56 Å². The van der Waals surface area contributed by atoms with Gasteiger partial charge in [-0.2, -0.15) is 5.10 Å². The van der Waals surface area contributed by atoms with Gasteiger partial charge in [0, 0.05) is 32.1 Å². The number of carbonyl (C=O) groups excluding carboxylic acids is 1. The highest BCUT2D eigenvalue weighted by Crippen LogP contribution is 2.29. The first-order chi connectivity index (χ1) is 13.9. The molecule has 2 aliphatic carbocycles. The van der Waals surface area contributed by atoms with Crippen molar-refractivity contribution in [1.29, 1.82) is 0 Å². The van der Waals surface area contributed by atoms with E-state index >= 15 is 0 Å². The van der Waals surface area contributed by atoms with Crippen molar-refractivity contribution in [3.63, 3.8) is 0 Å². The Labute approximate surface area is 172 Å². The standard InChI is InChI=1S/C22H34N4O3/c1-16(27)25-12-4-11-22(29,15-25)14-23-18-7-9-19(10-8-18)26-21(28)13-17-5-2-3-6-20(17)24-26/h13,18-19,23,29H,2-12,14-15H2,1H3. The molecule has 1 saturated carbocycles. The fourth-order valence-electron chi connectivity index (χ4n) is 5.22. The summed E-state index contributed by atoms with van der Waals surface area (Å²) in [6, 6.07) is 2.33. The molecule has 7 heteroatoms. The Morgan fingerprint density at radius 3 is 2.76 bits per heavy atom. The van der Waals surface area contributed by atoms with Crippen LogP contribution in [0, 0.1) is 0 Å². The number of aliphatic hydroxyl groups is 1. The summed E-state index contributed by atoms with van der Waals surface area (Å²) in [5.41, 5.74) is 1.47. The maximum Gasteiger partial charge on any atom is 0.267 e. The maximum atomic E-state index is 12.6. The van der Waals surface area contributed by atoms with Crippen LogP contribution in [0.3, 0.4) is 0 Å². The summed E-state index contributed by atoms with van der Waals surface area (Å²) in [6.45, 7) is 3.24. The van der Waals surface area contributed by atoms with E-state index in [4.69, 9.17) is 5.10 Å². The SMILES string of the molecule is CC(=O)N1CCCC(O)(CNC2CCC(n3nc4c(cc3=O)CCCC4)CC2)C1. The first kappa shape index (κ1) is 20.5. The molecule has 0 radical (unpaired) electrons. The van der Waals surface area contributed by atoms with Gasteiger partial charge in [-0.05, 0) is 69.8 Å². The summed E-state index contributed by atoms with van der Waals surface area (Å²) in [5, 5.41) is 19.1. The fraction of sp³-hybridized carbons (Fsp3) is 0.773. The third kappa shape index (κ3) is 4.72. The summed E-state index contributed by atoms with van der Waals surface area (Å²) >= 11 is 0. The highest BCUT2D eigenvalue weighted by atomic mass is 16.3. The predicted octanol–water partition coefficient (Wildman–Crippen LogP) is 1.57. The minimum absolute atomic E-state index is 0.0339. The number of piperidine rings is 1. The molecule has 2 heterocycles. The lowest BCUT2D eigenvalue weighted by atomic mass is 9.88. The Hall–Kier alpha value is -1.73. The van der Waals surface area contributed by atoms with Crippen LogP contribution in [-0.4, -0.2) is 57.0 Å². The summed E-state index contributed by atoms with van der Waals surface area (Å²) in [4.78, 5) is 25.9. The zero-order valence-corrected chi connectivity index (χ0v) is 17.5. The molecule has 160 valence electrons. The molecular formula is C22H34N4O3. The molecule has 1 unspecified atom stereocenters. The first-order valence-electron chi connectivity index (χ1n) is 11.3. The number of β-amino-alcohol motifs (C(OH)–C–C–N with tert-alkyl or cyclic N) is 1. The number of aromatic nitrogens is 2. The molecule has 0 spiro atoms. The molecule has 1 aromatic rings. The number of nitrogens with one attached hydrogen (secondary N) is 1. The molecule has 2 fully saturated rings. The second-order valence-corrected chi connectivity index (χ2v) is 9.26. The molecule has 4 rings (SSSR count). The van der Waals surface area contributed by atoms with E-state index in [1.807, 2.05) is 6.07 Å². The minimum Gasteiger partial charge on any atom is -0.387 e. The van der Waals surface area contributed by atoms with Crippen LogP contribution in [0.15, 0.2) is 10.9 Å². The van der Waals surface area contributed by atoms with E-state index in [0.717, 1.165) is 75.6 Å². The largest absolute Gasteiger partial charge is 0.387 e. The number of hydrogen-bond donors (Lipinski definition) is 2. The van der Waals surface area contributed by atoms with Crippen molar-refractivity contribution < 1.29 is 9.90 Å². The van der Waals surface area contributed by atoms with E-state index < -0.39 is 5.60 Å². The van der Waals surface area contributed by atoms with E-state index in [9.17, 15) is 14.7 Å². The molecular weight excluding hydrogens is 368 g/mol. The van der Waals surface area contributed by atoms with Crippen LogP contribution in [-0.2, 0) is 17.6 Å². The van der Waals surface area contributed by atoms with Crippen LogP contribution in [0.1, 0.15) is 75.6 Å². The number of nitrogens with zero attached hydrogens (tertiary/aromatic N) is 3. The van der Waals surface area contributed by atoms with E-state index in [1.165, 1.54) is 6.42 Å². The van der Waals surface area contributed by atoms with Gasteiger partial charge in [-0.25, -0.2) is 4.68 Å². The number of carbonyl (C=O) groups is 1. The number of fused-ring (bicyclic) bond motifs is 1. The van der Waals surface area contributed by atoms with Crippen LogP contribution in [0.2, 0.25) is 0 Å². The van der Waals surface area contributed by atoms with Gasteiger partial charge in [-0.1, -0.05) is 0 Å². The molecule has 1 saturated heterocycles. The molecule has 0 bridgehead atoms. The van der Waals surface area contributed by atoms with Crippen LogP contribution in [0.25, 0.3) is 0 Å². The highest BCUT2D eigenvalue weighted by molar-refractivity contribution is 5.73. The molecule has 7 nitrogen and oxygen atoms in total. The molecule has 29 heavy (non-hydrogen) atoms. The zero-order chi connectivity index (χ0) is 20.4. The van der Waals surface area contributed by atoms with Gasteiger partial charge in [0.15, 0.2) is 0 Å². The van der Waals surface area contributed by atoms with Gasteiger partial charge in [0.2, 0.25) is 5.91 Å². The van der Waals surface area contributed by atoms with E-state index in [0.29, 0.717) is 19.1 Å². The summed E-state index contributed by atoms with van der Waals surface area (Å²) in [6.07, 6.45) is 9.68. The van der Waals surface area contributed by atoms with Gasteiger partial charge in [0.1, 0.15) is 0 Å². The van der Waals surface area contributed by atoms with E-state index in [2.05, 4.69) is 5.32 Å². The third-order valence-electron chi connectivity index (χ3n) is 7.00. The zero-order valence-electron chi connectivity index (χ0n) is 17.5. The summed E-state index contributed by atoms with van der Waals surface area (Å²) in [7, 11) is 0. The Morgan fingerprint density at radius 1 is 1.24 bits per heavy atom. The maximum absolute atomic E-state index is 12.6. The van der Waals surface area contributed by atoms with Crippen molar-refractivity contribution in [2.45, 2.75) is 88.8 Å². The van der Waals surface area contributed by atoms with Gasteiger partial charge in [0.05, 0.1) is 23.9 Å². The van der Waals surface area contributed by atoms with Crippen molar-refractivity contribution in [3.8, 4) is 0 Å². The van der Waals surface area contributed by atoms with Crippen molar-refractivity contribution in [2.75, 3.05) is 19.6 Å². The monoisotopic (exact) mass is 402 g/mol. The van der Waals surface area contributed by atoms with Crippen LogP contribution in [0.4, 0.5) is 0 Å². The van der Waals surface area contributed by atoms with Crippen LogP contribution in [0.5, 0.6) is 0 Å². The average Bonchev–Trinajstić information content (AvgIpc) is 2.72. The second kappa shape index (κ2) is 8.56. The average molecular weight is 403 g/mol. The number of hydrogen-bond acceptors (Lipinski definition) is 5.